The summed E-state index contributed by atoms with van der Waals surface area (Å²) >= 11 is 0. The molecule has 0 bridgehead atoms. The number of imidazole rings is 1. The van der Waals surface area contributed by atoms with Crippen LogP contribution in [0.4, 0.5) is 5.82 Å². The number of rotatable bonds is 10. The van der Waals surface area contributed by atoms with Crippen molar-refractivity contribution in [2.45, 2.75) is 52.2 Å². The smallest absolute Gasteiger partial charge is 0.200 e. The Labute approximate surface area is 205 Å². The molecule has 1 saturated heterocycles. The van der Waals surface area contributed by atoms with Gasteiger partial charge in [-0.15, -0.1) is 0 Å². The number of nitrogens with two attached hydrogens (primary N) is 1. The third-order valence-corrected chi connectivity index (χ3v) is 8.33. The summed E-state index contributed by atoms with van der Waals surface area (Å²) in [6, 6.07) is 9.84. The minimum absolute atomic E-state index is 0.221. The molecule has 0 radical (unpaired) electrons. The molecule has 3 N–H and O–H groups in total. The van der Waals surface area contributed by atoms with Crippen LogP contribution in [0.15, 0.2) is 36.7 Å². The van der Waals surface area contributed by atoms with Crippen LogP contribution in [-0.4, -0.2) is 62.9 Å². The summed E-state index contributed by atoms with van der Waals surface area (Å²) in [7, 11) is -2.79. The molecular formula is C24H34N5O5P. The molecule has 4 rings (SSSR count). The van der Waals surface area contributed by atoms with Crippen molar-refractivity contribution in [2.24, 2.45) is 5.41 Å². The summed E-state index contributed by atoms with van der Waals surface area (Å²) < 4.78 is 32.4. The van der Waals surface area contributed by atoms with Crippen LogP contribution >= 0.6 is 7.37 Å². The van der Waals surface area contributed by atoms with Gasteiger partial charge in [0.05, 0.1) is 43.8 Å². The number of anilines is 1. The summed E-state index contributed by atoms with van der Waals surface area (Å²) in [4.78, 5) is 13.1. The molecule has 1 aliphatic rings. The van der Waals surface area contributed by atoms with E-state index in [0.29, 0.717) is 42.8 Å². The Morgan fingerprint density at radius 1 is 1.29 bits per heavy atom. The number of hydrogen-bond acceptors (Lipinski definition) is 9. The van der Waals surface area contributed by atoms with Crippen molar-refractivity contribution in [2.75, 3.05) is 31.8 Å². The molecule has 1 aliphatic heterocycles. The van der Waals surface area contributed by atoms with Crippen molar-refractivity contribution < 1.29 is 23.7 Å². The zero-order valence-corrected chi connectivity index (χ0v) is 21.5. The molecule has 190 valence electrons. The van der Waals surface area contributed by atoms with Crippen molar-refractivity contribution in [3.8, 4) is 0 Å². The highest BCUT2D eigenvalue weighted by Crippen LogP contribution is 2.50. The van der Waals surface area contributed by atoms with Gasteiger partial charge < -0.3 is 24.8 Å². The average molecular weight is 504 g/mol. The number of benzene rings is 1. The first-order chi connectivity index (χ1) is 16.6. The zero-order valence-electron chi connectivity index (χ0n) is 20.6. The Morgan fingerprint density at radius 2 is 2.03 bits per heavy atom. The topological polar surface area (TPSA) is 135 Å². The maximum atomic E-state index is 12.7. The average Bonchev–Trinajstić information content (AvgIpc) is 3.32. The maximum absolute atomic E-state index is 12.7. The van der Waals surface area contributed by atoms with Gasteiger partial charge in [0, 0.05) is 12.8 Å². The van der Waals surface area contributed by atoms with Crippen molar-refractivity contribution >= 4 is 24.4 Å². The minimum Gasteiger partial charge on any atom is -0.390 e. The Bertz CT molecular complexity index is 1210. The van der Waals surface area contributed by atoms with Gasteiger partial charge in [0.1, 0.15) is 17.6 Å². The van der Waals surface area contributed by atoms with Crippen molar-refractivity contribution in [1.29, 1.82) is 0 Å². The molecule has 5 atom stereocenters. The largest absolute Gasteiger partial charge is 0.390 e. The van der Waals surface area contributed by atoms with E-state index in [1.807, 2.05) is 44.2 Å². The summed E-state index contributed by atoms with van der Waals surface area (Å²) in [5.74, 6) is 0.796. The number of fused-ring (bicyclic) bond motifs is 1. The second-order valence-electron chi connectivity index (χ2n) is 9.38. The molecule has 10 nitrogen and oxygen atoms in total. The standard InChI is InChI=1S/C24H34N5O5P/c1-5-33-35(4,31)12-11-18-20(30)24(3,14-32-13-17-9-7-6-8-10-17)23(34-18)29-15-26-19-21(25)27-16(2)28-22(19)29/h6-10,15,18,20,23,30H,5,11-14H2,1-4H3,(H2,25,27,28)/t18-,20?,23-,24+,35?/m1/s1. The number of nitrogens with zero attached hydrogens (tertiary/aromatic N) is 4. The van der Waals surface area contributed by atoms with Crippen LogP contribution in [0.25, 0.3) is 11.2 Å². The van der Waals surface area contributed by atoms with E-state index in [4.69, 9.17) is 19.7 Å². The first kappa shape index (κ1) is 25.7. The van der Waals surface area contributed by atoms with Gasteiger partial charge in [0.15, 0.2) is 18.8 Å². The predicted octanol–water partition coefficient (Wildman–Crippen LogP) is 3.53. The molecule has 3 aromatic rings. The number of aliphatic hydroxyl groups is 1. The van der Waals surface area contributed by atoms with E-state index in [0.717, 1.165) is 5.56 Å². The molecular weight excluding hydrogens is 469 g/mol. The van der Waals surface area contributed by atoms with Gasteiger partial charge in [-0.3, -0.25) is 9.13 Å². The molecule has 3 heterocycles. The van der Waals surface area contributed by atoms with Crippen molar-refractivity contribution in [3.05, 3.63) is 48.0 Å². The van der Waals surface area contributed by atoms with Crippen LogP contribution in [0.3, 0.4) is 0 Å². The lowest BCUT2D eigenvalue weighted by Gasteiger charge is -2.33. The highest BCUT2D eigenvalue weighted by molar-refractivity contribution is 7.58. The van der Waals surface area contributed by atoms with Crippen LogP contribution < -0.4 is 5.73 Å². The highest BCUT2D eigenvalue weighted by atomic mass is 31.2. The van der Waals surface area contributed by atoms with Gasteiger partial charge >= 0.3 is 0 Å². The molecule has 11 heteroatoms. The van der Waals surface area contributed by atoms with E-state index in [-0.39, 0.29) is 12.4 Å². The number of aryl methyl sites for hydroxylation is 1. The Balaban J connectivity index is 1.62. The summed E-state index contributed by atoms with van der Waals surface area (Å²) in [5, 5.41) is 11.5. The predicted molar refractivity (Wildman–Crippen MR) is 133 cm³/mol. The number of aromatic nitrogens is 4. The van der Waals surface area contributed by atoms with Crippen LogP contribution in [0.5, 0.6) is 0 Å². The summed E-state index contributed by atoms with van der Waals surface area (Å²) in [6.07, 6.45) is 0.187. The summed E-state index contributed by atoms with van der Waals surface area (Å²) in [6.45, 7) is 8.10. The van der Waals surface area contributed by atoms with Crippen LogP contribution in [0, 0.1) is 12.3 Å². The quantitative estimate of drug-likeness (QED) is 0.398. The van der Waals surface area contributed by atoms with Gasteiger partial charge in [-0.25, -0.2) is 15.0 Å². The van der Waals surface area contributed by atoms with E-state index in [2.05, 4.69) is 15.0 Å². The van der Waals surface area contributed by atoms with Gasteiger partial charge in [0.25, 0.3) is 0 Å². The molecule has 2 aromatic heterocycles. The Morgan fingerprint density at radius 3 is 2.74 bits per heavy atom. The van der Waals surface area contributed by atoms with E-state index < -0.39 is 31.2 Å². The fourth-order valence-corrected chi connectivity index (χ4v) is 6.02. The van der Waals surface area contributed by atoms with Crippen LogP contribution in [0.2, 0.25) is 0 Å². The lowest BCUT2D eigenvalue weighted by Crippen LogP contribution is -2.41. The first-order valence-corrected chi connectivity index (χ1v) is 14.0. The first-order valence-electron chi connectivity index (χ1n) is 11.8. The third-order valence-electron chi connectivity index (χ3n) is 6.46. The molecule has 1 fully saturated rings. The number of hydrogen-bond donors (Lipinski definition) is 2. The fourth-order valence-electron chi connectivity index (χ4n) is 4.62. The van der Waals surface area contributed by atoms with Gasteiger partial charge in [-0.1, -0.05) is 37.3 Å². The third kappa shape index (κ3) is 5.42. The number of ether oxygens (including phenoxy) is 2. The highest BCUT2D eigenvalue weighted by Gasteiger charge is 2.54. The van der Waals surface area contributed by atoms with Crippen molar-refractivity contribution in [1.82, 2.24) is 19.5 Å². The van der Waals surface area contributed by atoms with E-state index in [1.54, 1.807) is 24.5 Å². The van der Waals surface area contributed by atoms with Gasteiger partial charge in [0.2, 0.25) is 0 Å². The Hall–Kier alpha value is -2.36. The Kier molecular flexibility index (Phi) is 7.59. The van der Waals surface area contributed by atoms with Crippen LogP contribution in [-0.2, 0) is 25.2 Å². The van der Waals surface area contributed by atoms with E-state index in [9.17, 15) is 9.67 Å². The molecule has 0 saturated carbocycles. The molecule has 1 aromatic carbocycles. The lowest BCUT2D eigenvalue weighted by atomic mass is 9.82. The fraction of sp³-hybridized carbons (Fsp3) is 0.542. The summed E-state index contributed by atoms with van der Waals surface area (Å²) in [5.41, 5.74) is 7.26. The minimum atomic E-state index is -2.79. The molecule has 0 amide bonds. The number of nitrogen functional groups attached to an aromatic ring is 1. The van der Waals surface area contributed by atoms with Crippen molar-refractivity contribution in [3.63, 3.8) is 0 Å². The van der Waals surface area contributed by atoms with Crippen LogP contribution in [0.1, 0.15) is 37.9 Å². The zero-order chi connectivity index (χ0) is 25.2. The van der Waals surface area contributed by atoms with E-state index >= 15 is 0 Å². The lowest BCUT2D eigenvalue weighted by molar-refractivity contribution is -0.0711. The SMILES string of the molecule is CCOP(C)(=O)CC[C@H]1O[C@@H](n2cnc3c(N)nc(C)nc32)[C@@](C)(COCc2ccccc2)C1O. The second kappa shape index (κ2) is 10.3. The maximum Gasteiger partial charge on any atom is 0.200 e. The molecule has 35 heavy (non-hydrogen) atoms. The molecule has 0 spiro atoms. The second-order valence-corrected chi connectivity index (χ2v) is 12.1. The van der Waals surface area contributed by atoms with Gasteiger partial charge in [-0.2, -0.15) is 0 Å². The number of aliphatic hydroxyl groups excluding tert-OH is 1. The monoisotopic (exact) mass is 503 g/mol. The normalized spacial score (nSPS) is 26.3. The molecule has 0 aliphatic carbocycles. The van der Waals surface area contributed by atoms with E-state index in [1.165, 1.54) is 0 Å². The van der Waals surface area contributed by atoms with Gasteiger partial charge in [-0.05, 0) is 25.8 Å². The molecule has 2 unspecified atom stereocenters.